The van der Waals surface area contributed by atoms with E-state index in [9.17, 15) is 18.0 Å². The lowest BCUT2D eigenvalue weighted by Crippen LogP contribution is -2.25. The maximum absolute atomic E-state index is 13.9. The second kappa shape index (κ2) is 5.87. The smallest absolute Gasteiger partial charge is 0.254 e. The van der Waals surface area contributed by atoms with Crippen LogP contribution in [-0.2, 0) is 6.54 Å². The highest BCUT2D eigenvalue weighted by Gasteiger charge is 2.15. The molecule has 3 nitrogen and oxygen atoms in total. The van der Waals surface area contributed by atoms with Gasteiger partial charge in [-0.3, -0.25) is 4.79 Å². The third-order valence-electron chi connectivity index (χ3n) is 2.97. The summed E-state index contributed by atoms with van der Waals surface area (Å²) in [7, 11) is 0. The van der Waals surface area contributed by atoms with E-state index in [1.807, 2.05) is 0 Å². The molecule has 0 spiro atoms. The van der Waals surface area contributed by atoms with E-state index in [1.165, 1.54) is 19.1 Å². The molecule has 21 heavy (non-hydrogen) atoms. The standard InChI is InChI=1S/C15H13F3N2O/c1-8-4-11(19)6-12(14(8)18)15(21)20-7-9-5-10(16)2-3-13(9)17/h2-6H,7,19H2,1H3,(H,20,21). The molecular weight excluding hydrogens is 281 g/mol. The van der Waals surface area contributed by atoms with Gasteiger partial charge in [-0.05, 0) is 42.8 Å². The number of rotatable bonds is 3. The van der Waals surface area contributed by atoms with Crippen LogP contribution in [0.5, 0.6) is 0 Å². The molecule has 0 saturated heterocycles. The summed E-state index contributed by atoms with van der Waals surface area (Å²) in [5.74, 6) is -2.71. The summed E-state index contributed by atoms with van der Waals surface area (Å²) in [4.78, 5) is 11.9. The highest BCUT2D eigenvalue weighted by molar-refractivity contribution is 5.95. The summed E-state index contributed by atoms with van der Waals surface area (Å²) in [5, 5.41) is 2.34. The van der Waals surface area contributed by atoms with Crippen LogP contribution in [0.2, 0.25) is 0 Å². The first-order valence-electron chi connectivity index (χ1n) is 6.16. The van der Waals surface area contributed by atoms with Gasteiger partial charge in [-0.15, -0.1) is 0 Å². The summed E-state index contributed by atoms with van der Waals surface area (Å²) in [6.07, 6.45) is 0. The predicted molar refractivity (Wildman–Crippen MR) is 73.1 cm³/mol. The first kappa shape index (κ1) is 14.9. The lowest BCUT2D eigenvalue weighted by Gasteiger charge is -2.09. The SMILES string of the molecule is Cc1cc(N)cc(C(=O)NCc2cc(F)ccc2F)c1F. The number of aryl methyl sites for hydroxylation is 1. The van der Waals surface area contributed by atoms with Gasteiger partial charge in [0, 0.05) is 17.8 Å². The van der Waals surface area contributed by atoms with Gasteiger partial charge in [-0.25, -0.2) is 13.2 Å². The fraction of sp³-hybridized carbons (Fsp3) is 0.133. The van der Waals surface area contributed by atoms with Crippen molar-refractivity contribution in [2.75, 3.05) is 5.73 Å². The van der Waals surface area contributed by atoms with E-state index in [1.54, 1.807) is 0 Å². The molecule has 0 aliphatic carbocycles. The number of hydrogen-bond acceptors (Lipinski definition) is 2. The minimum atomic E-state index is -0.744. The molecule has 2 rings (SSSR count). The van der Waals surface area contributed by atoms with E-state index in [-0.39, 0.29) is 28.9 Å². The molecule has 0 bridgehead atoms. The van der Waals surface area contributed by atoms with Gasteiger partial charge in [0.15, 0.2) is 0 Å². The number of benzene rings is 2. The van der Waals surface area contributed by atoms with Gasteiger partial charge >= 0.3 is 0 Å². The Balaban J connectivity index is 2.17. The van der Waals surface area contributed by atoms with Crippen molar-refractivity contribution in [3.05, 3.63) is 64.5 Å². The van der Waals surface area contributed by atoms with Crippen molar-refractivity contribution in [3.8, 4) is 0 Å². The molecule has 0 aromatic heterocycles. The summed E-state index contributed by atoms with van der Waals surface area (Å²) in [5.41, 5.74) is 5.78. The van der Waals surface area contributed by atoms with Gasteiger partial charge in [0.05, 0.1) is 5.56 Å². The Morgan fingerprint density at radius 3 is 2.62 bits per heavy atom. The zero-order chi connectivity index (χ0) is 15.6. The Morgan fingerprint density at radius 1 is 1.19 bits per heavy atom. The molecule has 0 radical (unpaired) electrons. The van der Waals surface area contributed by atoms with Crippen LogP contribution in [0.1, 0.15) is 21.5 Å². The Bertz CT molecular complexity index is 702. The van der Waals surface area contributed by atoms with E-state index in [2.05, 4.69) is 5.32 Å². The largest absolute Gasteiger partial charge is 0.399 e. The van der Waals surface area contributed by atoms with Gasteiger partial charge in [-0.2, -0.15) is 0 Å². The van der Waals surface area contributed by atoms with E-state index in [4.69, 9.17) is 5.73 Å². The molecule has 6 heteroatoms. The summed E-state index contributed by atoms with van der Waals surface area (Å²) >= 11 is 0. The summed E-state index contributed by atoms with van der Waals surface area (Å²) < 4.78 is 40.3. The van der Waals surface area contributed by atoms with Gasteiger partial charge in [0.25, 0.3) is 5.91 Å². The average Bonchev–Trinajstić information content (AvgIpc) is 2.43. The number of hydrogen-bond donors (Lipinski definition) is 2. The normalized spacial score (nSPS) is 10.5. The zero-order valence-corrected chi connectivity index (χ0v) is 11.2. The average molecular weight is 294 g/mol. The Hall–Kier alpha value is -2.50. The fourth-order valence-electron chi connectivity index (χ4n) is 1.91. The van der Waals surface area contributed by atoms with Crippen LogP contribution in [-0.4, -0.2) is 5.91 Å². The third kappa shape index (κ3) is 3.34. The molecule has 0 heterocycles. The molecule has 0 fully saturated rings. The van der Waals surface area contributed by atoms with Crippen LogP contribution in [0.4, 0.5) is 18.9 Å². The lowest BCUT2D eigenvalue weighted by atomic mass is 10.1. The van der Waals surface area contributed by atoms with Crippen molar-refractivity contribution in [1.82, 2.24) is 5.32 Å². The predicted octanol–water partition coefficient (Wildman–Crippen LogP) is 2.92. The molecular formula is C15H13F3N2O. The quantitative estimate of drug-likeness (QED) is 0.855. The number of halogens is 3. The van der Waals surface area contributed by atoms with Crippen molar-refractivity contribution < 1.29 is 18.0 Å². The first-order valence-corrected chi connectivity index (χ1v) is 6.16. The number of nitrogens with two attached hydrogens (primary N) is 1. The number of nitrogen functional groups attached to an aromatic ring is 1. The van der Waals surface area contributed by atoms with Crippen molar-refractivity contribution >= 4 is 11.6 Å². The van der Waals surface area contributed by atoms with Crippen molar-refractivity contribution in [3.63, 3.8) is 0 Å². The molecule has 1 amide bonds. The minimum absolute atomic E-state index is 0.0237. The van der Waals surface area contributed by atoms with Gasteiger partial charge in [-0.1, -0.05) is 0 Å². The molecule has 110 valence electrons. The van der Waals surface area contributed by atoms with E-state index < -0.39 is 23.4 Å². The zero-order valence-electron chi connectivity index (χ0n) is 11.2. The Labute approximate surface area is 119 Å². The van der Waals surface area contributed by atoms with Crippen LogP contribution in [0.15, 0.2) is 30.3 Å². The Morgan fingerprint density at radius 2 is 1.90 bits per heavy atom. The number of carbonyl (C=O) groups is 1. The van der Waals surface area contributed by atoms with Crippen LogP contribution in [0.25, 0.3) is 0 Å². The van der Waals surface area contributed by atoms with Crippen LogP contribution in [0.3, 0.4) is 0 Å². The minimum Gasteiger partial charge on any atom is -0.399 e. The van der Waals surface area contributed by atoms with Crippen LogP contribution in [0, 0.1) is 24.4 Å². The third-order valence-corrected chi connectivity index (χ3v) is 2.97. The molecule has 0 unspecified atom stereocenters. The maximum Gasteiger partial charge on any atom is 0.254 e. The van der Waals surface area contributed by atoms with Gasteiger partial charge in [0.2, 0.25) is 0 Å². The van der Waals surface area contributed by atoms with Crippen molar-refractivity contribution in [1.29, 1.82) is 0 Å². The number of carbonyl (C=O) groups excluding carboxylic acids is 1. The molecule has 0 aliphatic rings. The van der Waals surface area contributed by atoms with Crippen LogP contribution < -0.4 is 11.1 Å². The van der Waals surface area contributed by atoms with Gasteiger partial charge < -0.3 is 11.1 Å². The lowest BCUT2D eigenvalue weighted by molar-refractivity contribution is 0.0946. The summed E-state index contributed by atoms with van der Waals surface area (Å²) in [6.45, 7) is 1.23. The molecule has 0 aliphatic heterocycles. The highest BCUT2D eigenvalue weighted by Crippen LogP contribution is 2.17. The van der Waals surface area contributed by atoms with Crippen molar-refractivity contribution in [2.24, 2.45) is 0 Å². The second-order valence-electron chi connectivity index (χ2n) is 4.62. The molecule has 0 saturated carbocycles. The maximum atomic E-state index is 13.9. The van der Waals surface area contributed by atoms with E-state index in [0.29, 0.717) is 0 Å². The summed E-state index contributed by atoms with van der Waals surface area (Å²) in [6, 6.07) is 5.50. The highest BCUT2D eigenvalue weighted by atomic mass is 19.1. The van der Waals surface area contributed by atoms with Gasteiger partial charge in [0.1, 0.15) is 17.5 Å². The molecule has 2 aromatic rings. The number of anilines is 1. The topological polar surface area (TPSA) is 55.1 Å². The molecule has 3 N–H and O–H groups in total. The molecule has 0 atom stereocenters. The molecule has 2 aromatic carbocycles. The van der Waals surface area contributed by atoms with Crippen LogP contribution >= 0.6 is 0 Å². The van der Waals surface area contributed by atoms with E-state index >= 15 is 0 Å². The number of nitrogens with one attached hydrogen (secondary N) is 1. The van der Waals surface area contributed by atoms with Crippen molar-refractivity contribution in [2.45, 2.75) is 13.5 Å². The fourth-order valence-corrected chi connectivity index (χ4v) is 1.91. The monoisotopic (exact) mass is 294 g/mol. The Kier molecular flexibility index (Phi) is 4.16. The number of amides is 1. The second-order valence-corrected chi connectivity index (χ2v) is 4.62. The first-order chi connectivity index (χ1) is 9.88. The van der Waals surface area contributed by atoms with E-state index in [0.717, 1.165) is 18.2 Å².